The molecule has 11 heteroatoms. The van der Waals surface area contributed by atoms with Crippen molar-refractivity contribution in [3.63, 3.8) is 0 Å². The standard InChI is InChI=1S/C21H23FN4O3S3/c1-13-14(2)31-21-19(13)20(23-15(3)24-21)30-12-18(27)25-8-10-26(11-9-25)32(28,29)17-7-5-4-6-16(17)22/h4-7H,8-12H2,1-3H3. The number of benzene rings is 1. The predicted molar refractivity (Wildman–Crippen MR) is 124 cm³/mol. The number of aromatic nitrogens is 2. The Labute approximate surface area is 194 Å². The van der Waals surface area contributed by atoms with Crippen LogP contribution in [0.1, 0.15) is 16.3 Å². The molecule has 0 aliphatic carbocycles. The van der Waals surface area contributed by atoms with E-state index in [1.54, 1.807) is 16.2 Å². The Bertz CT molecular complexity index is 1280. The van der Waals surface area contributed by atoms with Gasteiger partial charge in [-0.1, -0.05) is 23.9 Å². The first-order valence-corrected chi connectivity index (χ1v) is 13.3. The van der Waals surface area contributed by atoms with Gasteiger partial charge in [0.2, 0.25) is 15.9 Å². The van der Waals surface area contributed by atoms with E-state index in [9.17, 15) is 17.6 Å². The minimum atomic E-state index is -3.93. The number of carbonyl (C=O) groups excluding carboxylic acids is 1. The predicted octanol–water partition coefficient (Wildman–Crippen LogP) is 3.38. The van der Waals surface area contributed by atoms with Gasteiger partial charge in [0.1, 0.15) is 26.4 Å². The van der Waals surface area contributed by atoms with Gasteiger partial charge >= 0.3 is 0 Å². The van der Waals surface area contributed by atoms with Crippen molar-refractivity contribution in [3.05, 3.63) is 46.3 Å². The van der Waals surface area contributed by atoms with Crippen molar-refractivity contribution in [1.82, 2.24) is 19.2 Å². The van der Waals surface area contributed by atoms with Crippen LogP contribution in [0.3, 0.4) is 0 Å². The van der Waals surface area contributed by atoms with E-state index in [2.05, 4.69) is 9.97 Å². The summed E-state index contributed by atoms with van der Waals surface area (Å²) in [4.78, 5) is 25.3. The molecule has 3 aromatic rings. The molecule has 3 heterocycles. The summed E-state index contributed by atoms with van der Waals surface area (Å²) in [5.74, 6) is 0.0281. The largest absolute Gasteiger partial charge is 0.339 e. The van der Waals surface area contributed by atoms with Crippen molar-refractivity contribution in [2.75, 3.05) is 31.9 Å². The number of fused-ring (bicyclic) bond motifs is 1. The van der Waals surface area contributed by atoms with E-state index in [0.29, 0.717) is 5.82 Å². The molecular weight excluding hydrogens is 471 g/mol. The third-order valence-electron chi connectivity index (χ3n) is 5.49. The lowest BCUT2D eigenvalue weighted by Gasteiger charge is -2.34. The van der Waals surface area contributed by atoms with Crippen molar-refractivity contribution in [2.45, 2.75) is 30.7 Å². The number of carbonyl (C=O) groups is 1. The van der Waals surface area contributed by atoms with Crippen LogP contribution in [0, 0.1) is 26.6 Å². The quantitative estimate of drug-likeness (QED) is 0.399. The summed E-state index contributed by atoms with van der Waals surface area (Å²) in [6.07, 6.45) is 0. The summed E-state index contributed by atoms with van der Waals surface area (Å²) >= 11 is 3.00. The number of halogens is 1. The first kappa shape index (κ1) is 23.1. The van der Waals surface area contributed by atoms with Crippen LogP contribution in [0.5, 0.6) is 0 Å². The highest BCUT2D eigenvalue weighted by atomic mass is 32.2. The molecule has 0 radical (unpaired) electrons. The molecule has 0 atom stereocenters. The molecule has 0 saturated carbocycles. The van der Waals surface area contributed by atoms with E-state index in [1.807, 2.05) is 20.8 Å². The molecule has 1 fully saturated rings. The third kappa shape index (κ3) is 4.39. The average Bonchev–Trinajstić information content (AvgIpc) is 3.05. The molecule has 4 rings (SSSR count). The maximum atomic E-state index is 14.0. The summed E-state index contributed by atoms with van der Waals surface area (Å²) in [5.41, 5.74) is 1.13. The monoisotopic (exact) mass is 494 g/mol. The van der Waals surface area contributed by atoms with E-state index in [1.165, 1.54) is 39.1 Å². The molecular formula is C21H23FN4O3S3. The van der Waals surface area contributed by atoms with Crippen molar-refractivity contribution in [1.29, 1.82) is 0 Å². The minimum Gasteiger partial charge on any atom is -0.339 e. The molecule has 1 aliphatic rings. The average molecular weight is 495 g/mol. The van der Waals surface area contributed by atoms with E-state index >= 15 is 0 Å². The normalized spacial score (nSPS) is 15.4. The highest BCUT2D eigenvalue weighted by Gasteiger charge is 2.31. The number of aryl methyl sites for hydroxylation is 3. The van der Waals surface area contributed by atoms with E-state index in [-0.39, 0.29) is 42.7 Å². The molecule has 0 N–H and O–H groups in total. The highest BCUT2D eigenvalue weighted by molar-refractivity contribution is 8.00. The van der Waals surface area contributed by atoms with E-state index in [4.69, 9.17) is 0 Å². The molecule has 0 spiro atoms. The highest BCUT2D eigenvalue weighted by Crippen LogP contribution is 2.35. The third-order valence-corrected chi connectivity index (χ3v) is 9.48. The summed E-state index contributed by atoms with van der Waals surface area (Å²) < 4.78 is 40.7. The fourth-order valence-electron chi connectivity index (χ4n) is 3.61. The maximum absolute atomic E-state index is 14.0. The van der Waals surface area contributed by atoms with Gasteiger partial charge in [-0.2, -0.15) is 4.31 Å². The van der Waals surface area contributed by atoms with Crippen molar-refractivity contribution >= 4 is 49.2 Å². The van der Waals surface area contributed by atoms with Crippen LogP contribution >= 0.6 is 23.1 Å². The maximum Gasteiger partial charge on any atom is 0.246 e. The molecule has 0 unspecified atom stereocenters. The molecule has 1 aliphatic heterocycles. The number of rotatable bonds is 5. The van der Waals surface area contributed by atoms with E-state index < -0.39 is 15.8 Å². The number of hydrogen-bond donors (Lipinski definition) is 0. The minimum absolute atomic E-state index is 0.0769. The second-order valence-corrected chi connectivity index (χ2v) is 11.6. The Kier molecular flexibility index (Phi) is 6.53. The SMILES string of the molecule is Cc1nc(SCC(=O)N2CCN(S(=O)(=O)c3ccccc3F)CC2)c2c(C)c(C)sc2n1. The molecule has 2 aromatic heterocycles. The number of hydrogen-bond acceptors (Lipinski definition) is 7. The Morgan fingerprint density at radius 2 is 1.81 bits per heavy atom. The Hall–Kier alpha value is -2.08. The number of amides is 1. The Balaban J connectivity index is 1.41. The second-order valence-electron chi connectivity index (χ2n) is 7.54. The summed E-state index contributed by atoms with van der Waals surface area (Å²) in [6.45, 7) is 6.72. The molecule has 1 aromatic carbocycles. The van der Waals surface area contributed by atoms with Crippen LogP contribution in [0.4, 0.5) is 4.39 Å². The van der Waals surface area contributed by atoms with Gasteiger partial charge in [0.15, 0.2) is 0 Å². The van der Waals surface area contributed by atoms with Gasteiger partial charge in [-0.3, -0.25) is 4.79 Å². The van der Waals surface area contributed by atoms with Crippen LogP contribution in [0.2, 0.25) is 0 Å². The molecule has 0 bridgehead atoms. The fraction of sp³-hybridized carbons (Fsp3) is 0.381. The van der Waals surface area contributed by atoms with Gasteiger partial charge < -0.3 is 4.90 Å². The first-order valence-electron chi connectivity index (χ1n) is 10.1. The number of sulfonamides is 1. The number of thioether (sulfide) groups is 1. The van der Waals surface area contributed by atoms with Crippen LogP contribution < -0.4 is 0 Å². The van der Waals surface area contributed by atoms with Gasteiger partial charge in [0.25, 0.3) is 0 Å². The van der Waals surface area contributed by atoms with Gasteiger partial charge in [0, 0.05) is 36.4 Å². The van der Waals surface area contributed by atoms with Crippen LogP contribution in [-0.4, -0.2) is 65.4 Å². The topological polar surface area (TPSA) is 83.5 Å². The summed E-state index contributed by atoms with van der Waals surface area (Å²) in [7, 11) is -3.93. The molecule has 1 amide bonds. The lowest BCUT2D eigenvalue weighted by molar-refractivity contribution is -0.129. The first-order chi connectivity index (χ1) is 15.2. The molecule has 170 valence electrons. The van der Waals surface area contributed by atoms with Crippen molar-refractivity contribution in [2.24, 2.45) is 0 Å². The molecule has 32 heavy (non-hydrogen) atoms. The van der Waals surface area contributed by atoms with Crippen molar-refractivity contribution in [3.8, 4) is 0 Å². The van der Waals surface area contributed by atoms with Crippen LogP contribution in [0.25, 0.3) is 10.2 Å². The molecule has 1 saturated heterocycles. The zero-order chi connectivity index (χ0) is 23.0. The van der Waals surface area contributed by atoms with Crippen LogP contribution in [-0.2, 0) is 14.8 Å². The second kappa shape index (κ2) is 9.05. The number of nitrogens with zero attached hydrogens (tertiary/aromatic N) is 4. The lowest BCUT2D eigenvalue weighted by atomic mass is 10.2. The van der Waals surface area contributed by atoms with Gasteiger partial charge in [-0.15, -0.1) is 11.3 Å². The summed E-state index contributed by atoms with van der Waals surface area (Å²) in [5, 5.41) is 1.79. The Morgan fingerprint density at radius 3 is 2.50 bits per heavy atom. The zero-order valence-corrected chi connectivity index (χ0v) is 20.4. The van der Waals surface area contributed by atoms with Gasteiger partial charge in [0.05, 0.1) is 5.75 Å². The number of thiophene rings is 1. The van der Waals surface area contributed by atoms with E-state index in [0.717, 1.165) is 26.9 Å². The van der Waals surface area contributed by atoms with Crippen LogP contribution in [0.15, 0.2) is 34.2 Å². The lowest BCUT2D eigenvalue weighted by Crippen LogP contribution is -2.51. The fourth-order valence-corrected chi connectivity index (χ4v) is 7.27. The summed E-state index contributed by atoms with van der Waals surface area (Å²) in [6, 6.07) is 5.34. The van der Waals surface area contributed by atoms with Crippen molar-refractivity contribution < 1.29 is 17.6 Å². The zero-order valence-electron chi connectivity index (χ0n) is 18.0. The smallest absolute Gasteiger partial charge is 0.246 e. The van der Waals surface area contributed by atoms with Gasteiger partial charge in [-0.25, -0.2) is 22.8 Å². The van der Waals surface area contributed by atoms with Gasteiger partial charge in [-0.05, 0) is 38.5 Å². The molecule has 7 nitrogen and oxygen atoms in total. The number of piperazine rings is 1. The Morgan fingerprint density at radius 1 is 1.12 bits per heavy atom.